The van der Waals surface area contributed by atoms with Gasteiger partial charge in [-0.05, 0) is 52.3 Å². The minimum Gasteiger partial charge on any atom is -0.354 e. The summed E-state index contributed by atoms with van der Waals surface area (Å²) in [5, 5.41) is 3.74. The Balaban J connectivity index is 2.07. The monoisotopic (exact) mass is 645 g/mol. The highest BCUT2D eigenvalue weighted by atomic mass is 35.5. The van der Waals surface area contributed by atoms with Crippen molar-refractivity contribution in [2.24, 2.45) is 5.92 Å². The summed E-state index contributed by atoms with van der Waals surface area (Å²) in [7, 11) is -3.87. The van der Waals surface area contributed by atoms with Crippen LogP contribution in [-0.2, 0) is 38.0 Å². The SMILES string of the molecule is CC(C)CNC(=O)[C@H](Cc1ccccc1)N(Cc1ccc(Cl)cc1Cl)C(=O)CN(c1ccc(C(C)(C)C)cc1)S(C)(=O)=O. The molecule has 0 radical (unpaired) electrons. The summed E-state index contributed by atoms with van der Waals surface area (Å²) < 4.78 is 27.1. The van der Waals surface area contributed by atoms with E-state index in [1.54, 1.807) is 30.3 Å². The van der Waals surface area contributed by atoms with Gasteiger partial charge in [-0.2, -0.15) is 0 Å². The predicted octanol–water partition coefficient (Wildman–Crippen LogP) is 6.47. The Morgan fingerprint density at radius 3 is 2.09 bits per heavy atom. The zero-order chi connectivity index (χ0) is 31.9. The summed E-state index contributed by atoms with van der Waals surface area (Å²) in [5.74, 6) is -0.693. The van der Waals surface area contributed by atoms with Crippen LogP contribution in [0.5, 0.6) is 0 Å². The maximum atomic E-state index is 14.2. The number of nitrogens with zero attached hydrogens (tertiary/aromatic N) is 2. The minimum absolute atomic E-state index is 0.0258. The third kappa shape index (κ3) is 9.98. The van der Waals surface area contributed by atoms with E-state index < -0.39 is 28.5 Å². The van der Waals surface area contributed by atoms with E-state index in [0.717, 1.165) is 21.7 Å². The van der Waals surface area contributed by atoms with Gasteiger partial charge < -0.3 is 10.2 Å². The number of rotatable bonds is 12. The Labute approximate surface area is 266 Å². The second kappa shape index (κ2) is 14.6. The van der Waals surface area contributed by atoms with Gasteiger partial charge in [-0.1, -0.05) is 106 Å². The number of halogens is 2. The summed E-state index contributed by atoms with van der Waals surface area (Å²) in [6.07, 6.45) is 1.29. The van der Waals surface area contributed by atoms with Crippen LogP contribution in [0.4, 0.5) is 5.69 Å². The van der Waals surface area contributed by atoms with Crippen LogP contribution in [0.3, 0.4) is 0 Å². The average molecular weight is 647 g/mol. The van der Waals surface area contributed by atoms with E-state index >= 15 is 0 Å². The van der Waals surface area contributed by atoms with Gasteiger partial charge in [0, 0.05) is 29.6 Å². The van der Waals surface area contributed by atoms with Crippen LogP contribution in [0.15, 0.2) is 72.8 Å². The Bertz CT molecular complexity index is 1510. The standard InChI is InChI=1S/C33H41Cl2N3O4S/c1-23(2)20-36-32(40)30(18-24-10-8-7-9-11-24)37(21-25-12-15-27(34)19-29(25)35)31(39)22-38(43(6,41)42)28-16-13-26(14-17-28)33(3,4)5/h7-17,19,23,30H,18,20-22H2,1-6H3,(H,36,40)/t30-/m0/s1. The molecule has 1 N–H and O–H groups in total. The van der Waals surface area contributed by atoms with Crippen LogP contribution in [-0.4, -0.2) is 50.5 Å². The first kappa shape index (κ1) is 34.4. The third-order valence-corrected chi connectivity index (χ3v) is 8.74. The summed E-state index contributed by atoms with van der Waals surface area (Å²) in [6, 6.07) is 20.5. The Hall–Kier alpha value is -3.07. The van der Waals surface area contributed by atoms with Crippen LogP contribution >= 0.6 is 23.2 Å². The van der Waals surface area contributed by atoms with Gasteiger partial charge >= 0.3 is 0 Å². The number of benzene rings is 3. The predicted molar refractivity (Wildman–Crippen MR) is 176 cm³/mol. The normalized spacial score (nSPS) is 12.6. The van der Waals surface area contributed by atoms with Gasteiger partial charge in [0.15, 0.2) is 0 Å². The molecule has 0 fully saturated rings. The maximum absolute atomic E-state index is 14.2. The van der Waals surface area contributed by atoms with Crippen molar-refractivity contribution in [1.82, 2.24) is 10.2 Å². The number of carbonyl (C=O) groups is 2. The van der Waals surface area contributed by atoms with Crippen molar-refractivity contribution in [1.29, 1.82) is 0 Å². The van der Waals surface area contributed by atoms with Gasteiger partial charge in [0.1, 0.15) is 12.6 Å². The molecule has 7 nitrogen and oxygen atoms in total. The van der Waals surface area contributed by atoms with Crippen molar-refractivity contribution >= 4 is 50.7 Å². The molecule has 0 heterocycles. The molecule has 0 saturated carbocycles. The summed E-state index contributed by atoms with van der Waals surface area (Å²) in [6.45, 7) is 10.1. The molecular formula is C33H41Cl2N3O4S. The second-order valence-corrected chi connectivity index (χ2v) is 14.9. The quantitative estimate of drug-likeness (QED) is 0.245. The fraction of sp³-hybridized carbons (Fsp3) is 0.394. The number of carbonyl (C=O) groups excluding carboxylic acids is 2. The smallest absolute Gasteiger partial charge is 0.244 e. The molecule has 0 aliphatic heterocycles. The number of anilines is 1. The Kier molecular flexibility index (Phi) is 11.7. The number of hydrogen-bond donors (Lipinski definition) is 1. The van der Waals surface area contributed by atoms with Gasteiger partial charge in [-0.25, -0.2) is 8.42 Å². The zero-order valence-corrected chi connectivity index (χ0v) is 27.9. The fourth-order valence-corrected chi connectivity index (χ4v) is 5.87. The molecular weight excluding hydrogens is 605 g/mol. The van der Waals surface area contributed by atoms with E-state index in [1.165, 1.54) is 4.90 Å². The van der Waals surface area contributed by atoms with Gasteiger partial charge in [0.2, 0.25) is 21.8 Å². The molecule has 0 bridgehead atoms. The summed E-state index contributed by atoms with van der Waals surface area (Å²) in [4.78, 5) is 29.4. The first-order valence-corrected chi connectivity index (χ1v) is 16.8. The lowest BCUT2D eigenvalue weighted by atomic mass is 9.87. The van der Waals surface area contributed by atoms with Gasteiger partial charge in [0.05, 0.1) is 11.9 Å². The van der Waals surface area contributed by atoms with Gasteiger partial charge in [-0.3, -0.25) is 13.9 Å². The van der Waals surface area contributed by atoms with E-state index in [1.807, 2.05) is 56.3 Å². The van der Waals surface area contributed by atoms with Crippen molar-refractivity contribution in [3.8, 4) is 0 Å². The highest BCUT2D eigenvalue weighted by Gasteiger charge is 2.33. The van der Waals surface area contributed by atoms with Crippen molar-refractivity contribution in [3.63, 3.8) is 0 Å². The van der Waals surface area contributed by atoms with E-state index in [0.29, 0.717) is 27.8 Å². The Morgan fingerprint density at radius 2 is 1.56 bits per heavy atom. The van der Waals surface area contributed by atoms with E-state index in [9.17, 15) is 18.0 Å². The van der Waals surface area contributed by atoms with Crippen molar-refractivity contribution < 1.29 is 18.0 Å². The molecule has 3 aromatic rings. The van der Waals surface area contributed by atoms with Crippen LogP contribution in [0.2, 0.25) is 10.0 Å². The molecule has 3 rings (SSSR count). The third-order valence-electron chi connectivity index (χ3n) is 7.01. The first-order valence-electron chi connectivity index (χ1n) is 14.2. The van der Waals surface area contributed by atoms with E-state index in [4.69, 9.17) is 23.2 Å². The lowest BCUT2D eigenvalue weighted by molar-refractivity contribution is -0.140. The van der Waals surface area contributed by atoms with Crippen molar-refractivity contribution in [2.45, 2.75) is 59.0 Å². The summed E-state index contributed by atoms with van der Waals surface area (Å²) in [5.41, 5.74) is 2.68. The molecule has 1 atom stereocenters. The molecule has 3 aromatic carbocycles. The average Bonchev–Trinajstić information content (AvgIpc) is 2.92. The lowest BCUT2D eigenvalue weighted by Crippen LogP contribution is -2.53. The number of nitrogens with one attached hydrogen (secondary N) is 1. The molecule has 0 aliphatic rings. The largest absolute Gasteiger partial charge is 0.354 e. The van der Waals surface area contributed by atoms with E-state index in [-0.39, 0.29) is 30.2 Å². The summed E-state index contributed by atoms with van der Waals surface area (Å²) >= 11 is 12.7. The lowest BCUT2D eigenvalue weighted by Gasteiger charge is -2.34. The molecule has 0 saturated heterocycles. The van der Waals surface area contributed by atoms with Crippen LogP contribution in [0.1, 0.15) is 51.3 Å². The molecule has 0 aliphatic carbocycles. The van der Waals surface area contributed by atoms with E-state index in [2.05, 4.69) is 26.1 Å². The van der Waals surface area contributed by atoms with Crippen molar-refractivity contribution in [3.05, 3.63) is 99.5 Å². The number of sulfonamides is 1. The van der Waals surface area contributed by atoms with Crippen LogP contribution in [0, 0.1) is 5.92 Å². The van der Waals surface area contributed by atoms with Crippen LogP contribution < -0.4 is 9.62 Å². The van der Waals surface area contributed by atoms with Crippen molar-refractivity contribution in [2.75, 3.05) is 23.7 Å². The fourth-order valence-electron chi connectivity index (χ4n) is 4.55. The highest BCUT2D eigenvalue weighted by Crippen LogP contribution is 2.27. The van der Waals surface area contributed by atoms with Gasteiger partial charge in [0.25, 0.3) is 0 Å². The maximum Gasteiger partial charge on any atom is 0.244 e. The zero-order valence-electron chi connectivity index (χ0n) is 25.6. The first-order chi connectivity index (χ1) is 20.1. The molecule has 43 heavy (non-hydrogen) atoms. The molecule has 0 aromatic heterocycles. The molecule has 2 amide bonds. The molecule has 10 heteroatoms. The number of amides is 2. The van der Waals surface area contributed by atoms with Gasteiger partial charge in [-0.15, -0.1) is 0 Å². The highest BCUT2D eigenvalue weighted by molar-refractivity contribution is 7.92. The topological polar surface area (TPSA) is 86.8 Å². The molecule has 0 spiro atoms. The Morgan fingerprint density at radius 1 is 0.930 bits per heavy atom. The van der Waals surface area contributed by atoms with Crippen LogP contribution in [0.25, 0.3) is 0 Å². The minimum atomic E-state index is -3.87. The molecule has 232 valence electrons. The number of hydrogen-bond acceptors (Lipinski definition) is 4. The molecule has 0 unspecified atom stereocenters. The second-order valence-electron chi connectivity index (χ2n) is 12.2.